The van der Waals surface area contributed by atoms with E-state index in [2.05, 4.69) is 0 Å². The molecule has 2 rings (SSSR count). The number of carbonyl (C=O) groups excluding carboxylic acids is 2. The van der Waals surface area contributed by atoms with Gasteiger partial charge in [0.05, 0.1) is 21.3 Å². The SMILES string of the molecule is COC(=O)[C@H](C)N(C)C(=O)[C@@H]1C[C@@H]1c1cc(OC)ccc1OC. The minimum absolute atomic E-state index is 0.0576. The maximum absolute atomic E-state index is 12.6. The number of likely N-dealkylation sites (N-methyl/N-ethyl adjacent to an activating group) is 1. The van der Waals surface area contributed by atoms with Gasteiger partial charge in [-0.15, -0.1) is 0 Å². The van der Waals surface area contributed by atoms with E-state index in [1.165, 1.54) is 12.0 Å². The molecular formula is C17H23NO5. The van der Waals surface area contributed by atoms with Gasteiger partial charge in [-0.1, -0.05) is 0 Å². The Kier molecular flexibility index (Phi) is 5.13. The van der Waals surface area contributed by atoms with Crippen molar-refractivity contribution in [2.24, 2.45) is 5.92 Å². The topological polar surface area (TPSA) is 65.1 Å². The highest BCUT2D eigenvalue weighted by atomic mass is 16.5. The van der Waals surface area contributed by atoms with Gasteiger partial charge < -0.3 is 19.1 Å². The highest BCUT2D eigenvalue weighted by Gasteiger charge is 2.47. The summed E-state index contributed by atoms with van der Waals surface area (Å²) in [5.74, 6) is 0.938. The second-order valence-electron chi connectivity index (χ2n) is 5.70. The maximum Gasteiger partial charge on any atom is 0.328 e. The van der Waals surface area contributed by atoms with Crippen LogP contribution in [0.5, 0.6) is 11.5 Å². The summed E-state index contributed by atoms with van der Waals surface area (Å²) in [4.78, 5) is 25.6. The van der Waals surface area contributed by atoms with Gasteiger partial charge in [-0.25, -0.2) is 4.79 Å². The van der Waals surface area contributed by atoms with Gasteiger partial charge in [0.15, 0.2) is 0 Å². The van der Waals surface area contributed by atoms with Crippen LogP contribution >= 0.6 is 0 Å². The van der Waals surface area contributed by atoms with Crippen molar-refractivity contribution in [3.05, 3.63) is 23.8 Å². The summed E-state index contributed by atoms with van der Waals surface area (Å²) >= 11 is 0. The van der Waals surface area contributed by atoms with Crippen molar-refractivity contribution in [3.63, 3.8) is 0 Å². The molecule has 1 fully saturated rings. The highest BCUT2D eigenvalue weighted by Crippen LogP contribution is 2.52. The van der Waals surface area contributed by atoms with Gasteiger partial charge in [-0.05, 0) is 31.5 Å². The molecule has 0 N–H and O–H groups in total. The van der Waals surface area contributed by atoms with E-state index in [-0.39, 0.29) is 17.7 Å². The van der Waals surface area contributed by atoms with Crippen LogP contribution in [0, 0.1) is 5.92 Å². The Bertz CT molecular complexity index is 601. The number of methoxy groups -OCH3 is 3. The lowest BCUT2D eigenvalue weighted by molar-refractivity contribution is -0.151. The molecule has 0 aromatic heterocycles. The first-order valence-corrected chi connectivity index (χ1v) is 7.51. The normalized spacial score (nSPS) is 20.4. The summed E-state index contributed by atoms with van der Waals surface area (Å²) in [6, 6.07) is 4.98. The number of esters is 1. The first-order valence-electron chi connectivity index (χ1n) is 7.51. The van der Waals surface area contributed by atoms with Gasteiger partial charge >= 0.3 is 5.97 Å². The molecule has 0 radical (unpaired) electrons. The zero-order valence-corrected chi connectivity index (χ0v) is 14.2. The third kappa shape index (κ3) is 3.41. The smallest absolute Gasteiger partial charge is 0.328 e. The van der Waals surface area contributed by atoms with E-state index in [4.69, 9.17) is 14.2 Å². The highest BCUT2D eigenvalue weighted by molar-refractivity contribution is 5.88. The quantitative estimate of drug-likeness (QED) is 0.748. The summed E-state index contributed by atoms with van der Waals surface area (Å²) < 4.78 is 15.3. The van der Waals surface area contributed by atoms with Gasteiger partial charge in [-0.2, -0.15) is 0 Å². The van der Waals surface area contributed by atoms with Gasteiger partial charge in [0.2, 0.25) is 5.91 Å². The fourth-order valence-corrected chi connectivity index (χ4v) is 2.72. The van der Waals surface area contributed by atoms with E-state index in [1.54, 1.807) is 28.2 Å². The molecule has 1 aliphatic carbocycles. The summed E-state index contributed by atoms with van der Waals surface area (Å²) in [6.07, 6.45) is 0.737. The van der Waals surface area contributed by atoms with Crippen LogP contribution in [0.15, 0.2) is 18.2 Å². The summed E-state index contributed by atoms with van der Waals surface area (Å²) in [5, 5.41) is 0. The Balaban J connectivity index is 2.12. The molecule has 126 valence electrons. The van der Waals surface area contributed by atoms with E-state index in [0.29, 0.717) is 0 Å². The second kappa shape index (κ2) is 6.89. The van der Waals surface area contributed by atoms with E-state index < -0.39 is 12.0 Å². The van der Waals surface area contributed by atoms with Crippen LogP contribution in [-0.2, 0) is 14.3 Å². The zero-order chi connectivity index (χ0) is 17.1. The largest absolute Gasteiger partial charge is 0.497 e. The van der Waals surface area contributed by atoms with Crippen LogP contribution in [0.1, 0.15) is 24.8 Å². The van der Waals surface area contributed by atoms with E-state index in [9.17, 15) is 9.59 Å². The van der Waals surface area contributed by atoms with Crippen LogP contribution < -0.4 is 9.47 Å². The standard InChI is InChI=1S/C17H23NO5/c1-10(17(20)23-5)18(2)16(19)14-9-12(14)13-8-11(21-3)6-7-15(13)22-4/h6-8,10,12,14H,9H2,1-5H3/t10-,12+,14+/m0/s1. The van der Waals surface area contributed by atoms with Crippen molar-refractivity contribution in [2.75, 3.05) is 28.4 Å². The molecule has 6 heteroatoms. The molecule has 0 bridgehead atoms. The number of hydrogen-bond acceptors (Lipinski definition) is 5. The number of benzene rings is 1. The monoisotopic (exact) mass is 321 g/mol. The van der Waals surface area contributed by atoms with Crippen molar-refractivity contribution in [3.8, 4) is 11.5 Å². The second-order valence-corrected chi connectivity index (χ2v) is 5.70. The van der Waals surface area contributed by atoms with Crippen LogP contribution in [0.25, 0.3) is 0 Å². The van der Waals surface area contributed by atoms with Crippen molar-refractivity contribution in [1.29, 1.82) is 0 Å². The molecule has 0 unspecified atom stereocenters. The van der Waals surface area contributed by atoms with E-state index in [0.717, 1.165) is 23.5 Å². The molecule has 1 aromatic rings. The lowest BCUT2D eigenvalue weighted by Crippen LogP contribution is -2.41. The third-order valence-electron chi connectivity index (χ3n) is 4.41. The Labute approximate surface area is 136 Å². The first-order chi connectivity index (χ1) is 10.9. The lowest BCUT2D eigenvalue weighted by Gasteiger charge is -2.23. The lowest BCUT2D eigenvalue weighted by atomic mass is 10.1. The molecule has 0 spiro atoms. The Morgan fingerprint density at radius 2 is 1.91 bits per heavy atom. The molecule has 6 nitrogen and oxygen atoms in total. The van der Waals surface area contributed by atoms with Gasteiger partial charge in [0.1, 0.15) is 17.5 Å². The van der Waals surface area contributed by atoms with Crippen LogP contribution in [0.2, 0.25) is 0 Å². The fourth-order valence-electron chi connectivity index (χ4n) is 2.72. The van der Waals surface area contributed by atoms with Gasteiger partial charge in [0.25, 0.3) is 0 Å². The summed E-state index contributed by atoms with van der Waals surface area (Å²) in [6.45, 7) is 1.66. The third-order valence-corrected chi connectivity index (χ3v) is 4.41. The Morgan fingerprint density at radius 3 is 2.48 bits per heavy atom. The van der Waals surface area contributed by atoms with E-state index >= 15 is 0 Å². The van der Waals surface area contributed by atoms with Crippen molar-refractivity contribution >= 4 is 11.9 Å². The molecule has 1 saturated carbocycles. The van der Waals surface area contributed by atoms with Crippen LogP contribution in [0.3, 0.4) is 0 Å². The predicted octanol–water partition coefficient (Wildman–Crippen LogP) is 1.83. The van der Waals surface area contributed by atoms with Crippen molar-refractivity contribution < 1.29 is 23.8 Å². The summed E-state index contributed by atoms with van der Waals surface area (Å²) in [5.41, 5.74) is 0.962. The van der Waals surface area contributed by atoms with E-state index in [1.807, 2.05) is 18.2 Å². The minimum atomic E-state index is -0.596. The number of amides is 1. The average molecular weight is 321 g/mol. The van der Waals surface area contributed by atoms with Gasteiger partial charge in [-0.3, -0.25) is 4.79 Å². The van der Waals surface area contributed by atoms with Crippen molar-refractivity contribution in [1.82, 2.24) is 4.90 Å². The molecule has 0 heterocycles. The zero-order valence-electron chi connectivity index (χ0n) is 14.2. The number of hydrogen-bond donors (Lipinski definition) is 0. The molecule has 1 aromatic carbocycles. The van der Waals surface area contributed by atoms with Crippen LogP contribution in [-0.4, -0.2) is 51.2 Å². The molecule has 0 saturated heterocycles. The van der Waals surface area contributed by atoms with Gasteiger partial charge in [0, 0.05) is 24.4 Å². The Hall–Kier alpha value is -2.24. The molecule has 1 aliphatic rings. The summed E-state index contributed by atoms with van der Waals surface area (Å²) in [7, 11) is 6.16. The molecule has 1 amide bonds. The Morgan fingerprint density at radius 1 is 1.22 bits per heavy atom. The number of nitrogens with zero attached hydrogens (tertiary/aromatic N) is 1. The average Bonchev–Trinajstić information content (AvgIpc) is 3.38. The molecular weight excluding hydrogens is 298 g/mol. The predicted molar refractivity (Wildman–Crippen MR) is 84.6 cm³/mol. The van der Waals surface area contributed by atoms with Crippen molar-refractivity contribution in [2.45, 2.75) is 25.3 Å². The minimum Gasteiger partial charge on any atom is -0.497 e. The van der Waals surface area contributed by atoms with Crippen LogP contribution in [0.4, 0.5) is 0 Å². The maximum atomic E-state index is 12.6. The molecule has 23 heavy (non-hydrogen) atoms. The molecule has 0 aliphatic heterocycles. The number of rotatable bonds is 6. The first kappa shape index (κ1) is 17.1. The fraction of sp³-hybridized carbons (Fsp3) is 0.529. The number of ether oxygens (including phenoxy) is 3. The molecule has 3 atom stereocenters. The number of carbonyl (C=O) groups is 2.